The maximum atomic E-state index is 3.83. The van der Waals surface area contributed by atoms with Gasteiger partial charge in [-0.15, -0.1) is 0 Å². The van der Waals surface area contributed by atoms with Crippen LogP contribution in [0.25, 0.3) is 0 Å². The molecular formula is C5H8+. The molecule has 1 aliphatic carbocycles. The molecule has 1 unspecified atom stereocenters. The third-order valence-corrected chi connectivity index (χ3v) is 0.901. The van der Waals surface area contributed by atoms with Crippen LogP contribution in [0, 0.1) is 18.8 Å². The van der Waals surface area contributed by atoms with Crippen molar-refractivity contribution >= 4 is 0 Å². The highest BCUT2D eigenvalue weighted by molar-refractivity contribution is 5.08. The Labute approximate surface area is 33.2 Å². The van der Waals surface area contributed by atoms with Gasteiger partial charge in [0.25, 0.3) is 0 Å². The lowest BCUT2D eigenvalue weighted by atomic mass is 10.2. The van der Waals surface area contributed by atoms with Crippen molar-refractivity contribution in [1.82, 2.24) is 0 Å². The fourth-order valence-corrected chi connectivity index (χ4v) is 0.174. The molecule has 0 bridgehead atoms. The van der Waals surface area contributed by atoms with Crippen molar-refractivity contribution in [2.75, 3.05) is 0 Å². The van der Waals surface area contributed by atoms with E-state index < -0.39 is 0 Å². The van der Waals surface area contributed by atoms with Crippen LogP contribution in [-0.4, -0.2) is 0 Å². The van der Waals surface area contributed by atoms with Gasteiger partial charge in [0.2, 0.25) is 0 Å². The fourth-order valence-electron chi connectivity index (χ4n) is 0.174. The van der Waals surface area contributed by atoms with Gasteiger partial charge in [0.05, 0.1) is 6.92 Å². The van der Waals surface area contributed by atoms with E-state index in [0.29, 0.717) is 5.41 Å². The molecule has 1 aliphatic rings. The summed E-state index contributed by atoms with van der Waals surface area (Å²) in [6.45, 7) is 5.96. The van der Waals surface area contributed by atoms with Crippen molar-refractivity contribution in [3.63, 3.8) is 0 Å². The Morgan fingerprint density at radius 3 is 2.20 bits per heavy atom. The summed E-state index contributed by atoms with van der Waals surface area (Å²) < 4.78 is 0. The van der Waals surface area contributed by atoms with E-state index in [1.165, 1.54) is 6.42 Å². The SMILES string of the molecule is [CH2+]C1(C)[CH]C1. The molecule has 0 spiro atoms. The standard InChI is InChI=1S/C5H8/c1-5(2)3-4-5/h3H,1,4H2,2H3/q+1. The summed E-state index contributed by atoms with van der Waals surface area (Å²) in [6, 6.07) is 0. The van der Waals surface area contributed by atoms with Gasteiger partial charge in [-0.2, -0.15) is 0 Å². The molecule has 0 nitrogen and oxygen atoms in total. The van der Waals surface area contributed by atoms with Gasteiger partial charge >= 0.3 is 0 Å². The van der Waals surface area contributed by atoms with Gasteiger partial charge in [-0.1, -0.05) is 0 Å². The summed E-state index contributed by atoms with van der Waals surface area (Å²) in [5, 5.41) is 0. The summed E-state index contributed by atoms with van der Waals surface area (Å²) in [5.41, 5.74) is 0.375. The molecule has 5 heavy (non-hydrogen) atoms. The number of hydrogen-bond acceptors (Lipinski definition) is 0. The second-order valence-corrected chi connectivity index (χ2v) is 2.06. The van der Waals surface area contributed by atoms with E-state index in [-0.39, 0.29) is 0 Å². The topological polar surface area (TPSA) is 0 Å². The van der Waals surface area contributed by atoms with E-state index >= 15 is 0 Å². The highest BCUT2D eigenvalue weighted by Gasteiger charge is 2.40. The van der Waals surface area contributed by atoms with E-state index in [1.807, 2.05) is 0 Å². The lowest BCUT2D eigenvalue weighted by molar-refractivity contribution is 0.777. The Morgan fingerprint density at radius 2 is 2.20 bits per heavy atom. The maximum Gasteiger partial charge on any atom is 0.106 e. The normalized spacial score (nSPS) is 29.8. The lowest BCUT2D eigenvalue weighted by Crippen LogP contribution is -1.76. The monoisotopic (exact) mass is 68.1 g/mol. The van der Waals surface area contributed by atoms with Crippen molar-refractivity contribution in [2.24, 2.45) is 5.41 Å². The molecule has 0 heteroatoms. The van der Waals surface area contributed by atoms with Crippen molar-refractivity contribution in [3.05, 3.63) is 13.3 Å². The van der Waals surface area contributed by atoms with E-state index in [0.717, 1.165) is 0 Å². The Morgan fingerprint density at radius 1 is 2.00 bits per heavy atom. The first-order valence-corrected chi connectivity index (χ1v) is 1.90. The first-order chi connectivity index (χ1) is 2.21. The molecule has 0 N–H and O–H groups in total. The van der Waals surface area contributed by atoms with E-state index in [1.54, 1.807) is 0 Å². The number of rotatable bonds is 0. The van der Waals surface area contributed by atoms with Crippen LogP contribution < -0.4 is 0 Å². The largest absolute Gasteiger partial charge is 0.106 e. The molecular weight excluding hydrogens is 60.1 g/mol. The molecule has 1 fully saturated rings. The minimum absolute atomic E-state index is 0.375. The van der Waals surface area contributed by atoms with Crippen LogP contribution >= 0.6 is 0 Å². The molecule has 27 valence electrons. The second-order valence-electron chi connectivity index (χ2n) is 2.06. The molecule has 0 aliphatic heterocycles. The third kappa shape index (κ3) is 0.571. The Hall–Kier alpha value is -0.130. The molecule has 1 radical (unpaired) electrons. The summed E-state index contributed by atoms with van der Waals surface area (Å²) in [7, 11) is 0. The fraction of sp³-hybridized carbons (Fsp3) is 0.600. The molecule has 1 atom stereocenters. The van der Waals surface area contributed by atoms with Crippen LogP contribution in [0.5, 0.6) is 0 Å². The molecule has 0 aromatic rings. The van der Waals surface area contributed by atoms with Crippen LogP contribution in [0.4, 0.5) is 0 Å². The molecule has 0 heterocycles. The summed E-state index contributed by atoms with van der Waals surface area (Å²) >= 11 is 0. The number of hydrogen-bond donors (Lipinski definition) is 0. The predicted octanol–water partition coefficient (Wildman–Crippen LogP) is 1.43. The summed E-state index contributed by atoms with van der Waals surface area (Å²) in [6.07, 6.45) is 3.42. The first kappa shape index (κ1) is 3.08. The first-order valence-electron chi connectivity index (χ1n) is 1.90. The Bertz CT molecular complexity index is 38.0. The highest BCUT2D eigenvalue weighted by atomic mass is 14.4. The average molecular weight is 68.1 g/mol. The average Bonchev–Trinajstić information content (AvgIpc) is 1.76. The quantitative estimate of drug-likeness (QED) is 0.377. The predicted molar refractivity (Wildman–Crippen MR) is 22.4 cm³/mol. The molecule has 0 amide bonds. The Balaban J connectivity index is 2.38. The van der Waals surface area contributed by atoms with Crippen LogP contribution in [0.15, 0.2) is 0 Å². The maximum absolute atomic E-state index is 3.83. The second kappa shape index (κ2) is 0.515. The minimum Gasteiger partial charge on any atom is -0.0185 e. The third-order valence-electron chi connectivity index (χ3n) is 0.901. The molecule has 0 aromatic carbocycles. The minimum atomic E-state index is 0.375. The summed E-state index contributed by atoms with van der Waals surface area (Å²) in [4.78, 5) is 0. The van der Waals surface area contributed by atoms with Gasteiger partial charge in [0.15, 0.2) is 0 Å². The Kier molecular flexibility index (Phi) is 0.317. The molecule has 0 saturated heterocycles. The van der Waals surface area contributed by atoms with E-state index in [4.69, 9.17) is 0 Å². The van der Waals surface area contributed by atoms with Gasteiger partial charge in [0, 0.05) is 12.8 Å². The molecule has 1 rings (SSSR count). The van der Waals surface area contributed by atoms with Gasteiger partial charge in [-0.25, -0.2) is 0 Å². The van der Waals surface area contributed by atoms with Gasteiger partial charge < -0.3 is 0 Å². The zero-order valence-electron chi connectivity index (χ0n) is 3.49. The van der Waals surface area contributed by atoms with Crippen molar-refractivity contribution < 1.29 is 0 Å². The lowest BCUT2D eigenvalue weighted by Gasteiger charge is -1.75. The van der Waals surface area contributed by atoms with Gasteiger partial charge in [-0.05, 0) is 6.92 Å². The zero-order chi connectivity index (χ0) is 3.91. The van der Waals surface area contributed by atoms with Crippen LogP contribution in [0.1, 0.15) is 13.3 Å². The van der Waals surface area contributed by atoms with E-state index in [2.05, 4.69) is 20.3 Å². The van der Waals surface area contributed by atoms with Crippen LogP contribution in [0.2, 0.25) is 0 Å². The van der Waals surface area contributed by atoms with Crippen LogP contribution in [-0.2, 0) is 0 Å². The summed E-state index contributed by atoms with van der Waals surface area (Å²) in [5.74, 6) is 0. The van der Waals surface area contributed by atoms with Crippen molar-refractivity contribution in [1.29, 1.82) is 0 Å². The van der Waals surface area contributed by atoms with Gasteiger partial charge in [0.1, 0.15) is 5.41 Å². The zero-order valence-corrected chi connectivity index (χ0v) is 3.49. The van der Waals surface area contributed by atoms with Crippen molar-refractivity contribution in [3.8, 4) is 0 Å². The molecule has 0 aromatic heterocycles. The van der Waals surface area contributed by atoms with Crippen molar-refractivity contribution in [2.45, 2.75) is 13.3 Å². The van der Waals surface area contributed by atoms with E-state index in [9.17, 15) is 0 Å². The molecule has 1 saturated carbocycles. The van der Waals surface area contributed by atoms with Crippen LogP contribution in [0.3, 0.4) is 0 Å². The smallest absolute Gasteiger partial charge is 0.0185 e. The van der Waals surface area contributed by atoms with Gasteiger partial charge in [-0.3, -0.25) is 0 Å². The highest BCUT2D eigenvalue weighted by Crippen LogP contribution is 2.41.